The zero-order valence-electron chi connectivity index (χ0n) is 17.1. The molecule has 1 aliphatic rings. The Balaban J connectivity index is 1.45. The number of hydrogen-bond donors (Lipinski definition) is 1. The van der Waals surface area contributed by atoms with Crippen LogP contribution < -0.4 is 5.32 Å². The zero-order chi connectivity index (χ0) is 21.3. The van der Waals surface area contributed by atoms with E-state index < -0.39 is 9.71 Å². The van der Waals surface area contributed by atoms with Crippen molar-refractivity contribution in [2.75, 3.05) is 13.1 Å². The second-order valence-corrected chi connectivity index (χ2v) is 10.5. The summed E-state index contributed by atoms with van der Waals surface area (Å²) in [7, 11) is -0.550. The lowest BCUT2D eigenvalue weighted by Crippen LogP contribution is -2.35. The maximum Gasteiger partial charge on any atom is 0.253 e. The van der Waals surface area contributed by atoms with Gasteiger partial charge in [0, 0.05) is 48.2 Å². The van der Waals surface area contributed by atoms with Crippen LogP contribution in [0.3, 0.4) is 0 Å². The van der Waals surface area contributed by atoms with E-state index in [4.69, 9.17) is 11.6 Å². The van der Waals surface area contributed by atoms with Gasteiger partial charge in [-0.3, -0.25) is 4.79 Å². The van der Waals surface area contributed by atoms with E-state index in [0.717, 1.165) is 47.3 Å². The number of carbonyl (C=O) groups excluding carboxylic acids is 1. The van der Waals surface area contributed by atoms with E-state index in [2.05, 4.69) is 11.2 Å². The van der Waals surface area contributed by atoms with Crippen molar-refractivity contribution in [1.82, 2.24) is 14.2 Å². The Labute approximate surface area is 182 Å². The Hall–Kier alpha value is -2.28. The molecule has 1 unspecified atom stereocenters. The molecule has 1 N–H and O–H groups in total. The number of fused-ring (bicyclic) bond motifs is 1. The average molecular weight is 444 g/mol. The molecule has 1 saturated heterocycles. The molecule has 158 valence electrons. The summed E-state index contributed by atoms with van der Waals surface area (Å²) in [5.74, 6) is 3.88. The van der Waals surface area contributed by atoms with E-state index in [1.165, 1.54) is 6.42 Å². The van der Waals surface area contributed by atoms with Crippen LogP contribution in [0.25, 0.3) is 10.9 Å². The van der Waals surface area contributed by atoms with E-state index in [-0.39, 0.29) is 5.91 Å². The normalized spacial score (nSPS) is 17.0. The molecule has 1 amide bonds. The summed E-state index contributed by atoms with van der Waals surface area (Å²) in [6.45, 7) is 2.05. The van der Waals surface area contributed by atoms with Gasteiger partial charge in [-0.05, 0) is 48.5 Å². The van der Waals surface area contributed by atoms with Gasteiger partial charge in [-0.2, -0.15) is 0 Å². The predicted molar refractivity (Wildman–Crippen MR) is 124 cm³/mol. The Morgan fingerprint density at radius 2 is 1.83 bits per heavy atom. The monoisotopic (exact) mass is 443 g/mol. The van der Waals surface area contributed by atoms with Crippen molar-refractivity contribution in [1.29, 1.82) is 0 Å². The van der Waals surface area contributed by atoms with Gasteiger partial charge in [-0.25, -0.2) is 8.51 Å². The van der Waals surface area contributed by atoms with Crippen LogP contribution in [0, 0.1) is 0 Å². The third-order valence-corrected chi connectivity index (χ3v) is 8.12. The zero-order valence-corrected chi connectivity index (χ0v) is 18.6. The third-order valence-electron chi connectivity index (χ3n) is 5.67. The minimum atomic E-state index is -2.45. The molecule has 5 nitrogen and oxygen atoms in total. The lowest BCUT2D eigenvalue weighted by molar-refractivity contribution is 0.0952. The van der Waals surface area contributed by atoms with Gasteiger partial charge in [-0.1, -0.05) is 36.2 Å². The molecule has 2 heterocycles. The van der Waals surface area contributed by atoms with Gasteiger partial charge in [0.25, 0.3) is 5.91 Å². The lowest BCUT2D eigenvalue weighted by atomic mass is 10.1. The lowest BCUT2D eigenvalue weighted by Gasteiger charge is -2.29. The highest BCUT2D eigenvalue weighted by atomic mass is 35.5. The van der Waals surface area contributed by atoms with Crippen LogP contribution in [0.15, 0.2) is 53.6 Å². The molecular weight excluding hydrogens is 418 g/mol. The first-order chi connectivity index (χ1) is 14.4. The minimum Gasteiger partial charge on any atom is -0.350 e. The van der Waals surface area contributed by atoms with Crippen LogP contribution in [0.2, 0.25) is 5.02 Å². The first kappa shape index (κ1) is 21.0. The van der Waals surface area contributed by atoms with Crippen molar-refractivity contribution in [2.45, 2.75) is 30.7 Å². The number of nitrogens with one attached hydrogen (secondary N) is 1. The highest BCUT2D eigenvalue weighted by molar-refractivity contribution is 7.98. The predicted octanol–water partition coefficient (Wildman–Crippen LogP) is 4.24. The van der Waals surface area contributed by atoms with E-state index in [9.17, 15) is 9.00 Å². The van der Waals surface area contributed by atoms with Crippen molar-refractivity contribution in [3.8, 4) is 0 Å². The number of benzene rings is 2. The van der Waals surface area contributed by atoms with Crippen molar-refractivity contribution in [3.63, 3.8) is 0 Å². The third kappa shape index (κ3) is 4.13. The van der Waals surface area contributed by atoms with Gasteiger partial charge in [0.15, 0.2) is 0 Å². The standard InChI is InChI=1S/C23H26ClN3O2S/c1-26-16-21(20-11-8-18(24)14-22(20)26)23(28)25-15-17-6-9-19(10-7-17)30(2,29)27-12-4-3-5-13-27/h6-11,14,16H,2-5,12-13,15H2,1H3,(H,25,28). The summed E-state index contributed by atoms with van der Waals surface area (Å²) in [6, 6.07) is 13.1. The highest BCUT2D eigenvalue weighted by Gasteiger charge is 2.20. The molecule has 0 bridgehead atoms. The SMILES string of the molecule is C=S(=O)(c1ccc(CNC(=O)c2cn(C)c3cc(Cl)ccc23)cc1)N1CCCCC1. The topological polar surface area (TPSA) is 54.3 Å². The number of rotatable bonds is 5. The van der Waals surface area contributed by atoms with Crippen LogP contribution >= 0.6 is 11.6 Å². The number of aryl methyl sites for hydroxylation is 1. The molecule has 7 heteroatoms. The number of piperidine rings is 1. The van der Waals surface area contributed by atoms with Gasteiger partial charge >= 0.3 is 0 Å². The first-order valence-electron chi connectivity index (χ1n) is 10.1. The molecule has 3 aromatic rings. The molecule has 0 saturated carbocycles. The van der Waals surface area contributed by atoms with Crippen LogP contribution in [0.1, 0.15) is 35.2 Å². The summed E-state index contributed by atoms with van der Waals surface area (Å²) in [5.41, 5.74) is 2.48. The molecule has 1 atom stereocenters. The summed E-state index contributed by atoms with van der Waals surface area (Å²) in [4.78, 5) is 13.5. The van der Waals surface area contributed by atoms with E-state index in [1.54, 1.807) is 6.07 Å². The number of hydrogen-bond acceptors (Lipinski definition) is 2. The highest BCUT2D eigenvalue weighted by Crippen LogP contribution is 2.24. The van der Waals surface area contributed by atoms with Crippen LogP contribution in [-0.4, -0.2) is 37.9 Å². The molecule has 1 aliphatic heterocycles. The summed E-state index contributed by atoms with van der Waals surface area (Å²) in [5, 5.41) is 4.48. The van der Waals surface area contributed by atoms with Crippen LogP contribution in [0.4, 0.5) is 0 Å². The van der Waals surface area contributed by atoms with Crippen molar-refractivity contribution >= 4 is 44.0 Å². The number of amides is 1. The fraction of sp³-hybridized carbons (Fsp3) is 0.304. The fourth-order valence-corrected chi connectivity index (χ4v) is 5.82. The van der Waals surface area contributed by atoms with Crippen molar-refractivity contribution in [3.05, 3.63) is 64.8 Å². The van der Waals surface area contributed by atoms with E-state index in [0.29, 0.717) is 17.1 Å². The van der Waals surface area contributed by atoms with Gasteiger partial charge in [0.1, 0.15) is 0 Å². The maximum atomic E-state index is 13.2. The fourth-order valence-electron chi connectivity index (χ4n) is 3.94. The number of nitrogens with zero attached hydrogens (tertiary/aromatic N) is 2. The smallest absolute Gasteiger partial charge is 0.253 e. The second kappa shape index (κ2) is 8.46. The number of halogens is 1. The van der Waals surface area contributed by atoms with Gasteiger partial charge < -0.3 is 9.88 Å². The molecular formula is C23H26ClN3O2S. The van der Waals surface area contributed by atoms with Gasteiger partial charge in [0.05, 0.1) is 20.8 Å². The Morgan fingerprint density at radius 3 is 2.53 bits per heavy atom. The second-order valence-electron chi connectivity index (χ2n) is 7.77. The Bertz CT molecular complexity index is 1180. The summed E-state index contributed by atoms with van der Waals surface area (Å²) in [6.07, 6.45) is 5.14. The molecule has 4 rings (SSSR count). The molecule has 1 fully saturated rings. The van der Waals surface area contributed by atoms with Gasteiger partial charge in [0.2, 0.25) is 0 Å². The summed E-state index contributed by atoms with van der Waals surface area (Å²) < 4.78 is 17.1. The number of aromatic nitrogens is 1. The largest absolute Gasteiger partial charge is 0.350 e. The van der Waals surface area contributed by atoms with Crippen LogP contribution in [-0.2, 0) is 23.3 Å². The molecule has 0 aliphatic carbocycles. The Morgan fingerprint density at radius 1 is 1.13 bits per heavy atom. The molecule has 30 heavy (non-hydrogen) atoms. The quantitative estimate of drug-likeness (QED) is 0.599. The van der Waals surface area contributed by atoms with E-state index >= 15 is 0 Å². The minimum absolute atomic E-state index is 0.138. The maximum absolute atomic E-state index is 13.2. The van der Waals surface area contributed by atoms with Crippen molar-refractivity contribution in [2.24, 2.45) is 7.05 Å². The molecule has 1 aromatic heterocycles. The van der Waals surface area contributed by atoms with E-state index in [1.807, 2.05) is 58.5 Å². The Kier molecular flexibility index (Phi) is 5.91. The molecule has 0 spiro atoms. The molecule has 2 aromatic carbocycles. The first-order valence-corrected chi connectivity index (χ1v) is 12.2. The van der Waals surface area contributed by atoms with Gasteiger partial charge in [-0.15, -0.1) is 0 Å². The number of carbonyl (C=O) groups is 1. The molecule has 0 radical (unpaired) electrons. The summed E-state index contributed by atoms with van der Waals surface area (Å²) >= 11 is 6.07. The van der Waals surface area contributed by atoms with Crippen LogP contribution in [0.5, 0.6) is 0 Å². The average Bonchev–Trinajstić information content (AvgIpc) is 3.09. The van der Waals surface area contributed by atoms with Crippen molar-refractivity contribution < 1.29 is 9.00 Å².